The van der Waals surface area contributed by atoms with Crippen LogP contribution in [0, 0.1) is 6.92 Å². The molecule has 1 aromatic rings. The van der Waals surface area contributed by atoms with E-state index in [1.54, 1.807) is 20.2 Å². The SMILES string of the molecule is Cc1cn(C)nc1OC(F)F. The second-order valence-electron chi connectivity index (χ2n) is 2.17. The Morgan fingerprint density at radius 2 is 2.27 bits per heavy atom. The van der Waals surface area contributed by atoms with E-state index in [2.05, 4.69) is 9.84 Å². The molecule has 1 aromatic heterocycles. The quantitative estimate of drug-likeness (QED) is 0.655. The van der Waals surface area contributed by atoms with Crippen molar-refractivity contribution in [3.8, 4) is 5.88 Å². The predicted molar refractivity (Wildman–Crippen MR) is 34.6 cm³/mol. The number of hydrogen-bond acceptors (Lipinski definition) is 2. The van der Waals surface area contributed by atoms with E-state index >= 15 is 0 Å². The molecule has 0 amide bonds. The van der Waals surface area contributed by atoms with Crippen LogP contribution in [0.25, 0.3) is 0 Å². The second-order valence-corrected chi connectivity index (χ2v) is 2.17. The summed E-state index contributed by atoms with van der Waals surface area (Å²) in [6.07, 6.45) is 1.61. The van der Waals surface area contributed by atoms with Crippen molar-refractivity contribution in [3.05, 3.63) is 11.8 Å². The zero-order valence-corrected chi connectivity index (χ0v) is 6.21. The van der Waals surface area contributed by atoms with Crippen molar-refractivity contribution in [1.29, 1.82) is 0 Å². The monoisotopic (exact) mass is 162 g/mol. The highest BCUT2D eigenvalue weighted by molar-refractivity contribution is 5.20. The van der Waals surface area contributed by atoms with Gasteiger partial charge in [0.25, 0.3) is 0 Å². The number of halogens is 2. The summed E-state index contributed by atoms with van der Waals surface area (Å²) in [7, 11) is 1.64. The molecule has 0 fully saturated rings. The van der Waals surface area contributed by atoms with Crippen LogP contribution in [0.3, 0.4) is 0 Å². The van der Waals surface area contributed by atoms with Gasteiger partial charge in [0, 0.05) is 18.8 Å². The Morgan fingerprint density at radius 3 is 2.64 bits per heavy atom. The first-order valence-corrected chi connectivity index (χ1v) is 3.04. The summed E-state index contributed by atoms with van der Waals surface area (Å²) in [5.41, 5.74) is 0.604. The van der Waals surface area contributed by atoms with Crippen molar-refractivity contribution in [2.45, 2.75) is 13.5 Å². The molecule has 5 heteroatoms. The number of hydrogen-bond donors (Lipinski definition) is 0. The molecule has 62 valence electrons. The standard InChI is InChI=1S/C6H8F2N2O/c1-4-3-10(2)9-5(4)11-6(7)8/h3,6H,1-2H3. The van der Waals surface area contributed by atoms with Gasteiger partial charge in [0.2, 0.25) is 5.88 Å². The average Bonchev–Trinajstić information content (AvgIpc) is 2.09. The molecule has 11 heavy (non-hydrogen) atoms. The smallest absolute Gasteiger partial charge is 0.388 e. The van der Waals surface area contributed by atoms with Crippen molar-refractivity contribution in [1.82, 2.24) is 9.78 Å². The van der Waals surface area contributed by atoms with Gasteiger partial charge in [-0.15, -0.1) is 5.10 Å². The molecular formula is C6H8F2N2O. The van der Waals surface area contributed by atoms with E-state index in [9.17, 15) is 8.78 Å². The van der Waals surface area contributed by atoms with Gasteiger partial charge < -0.3 is 4.74 Å². The molecule has 0 aliphatic heterocycles. The Hall–Kier alpha value is -1.13. The molecule has 0 saturated carbocycles. The highest BCUT2D eigenvalue weighted by Crippen LogP contribution is 2.15. The van der Waals surface area contributed by atoms with E-state index in [1.807, 2.05) is 0 Å². The zero-order chi connectivity index (χ0) is 8.43. The molecule has 0 saturated heterocycles. The van der Waals surface area contributed by atoms with Crippen LogP contribution in [0.1, 0.15) is 5.56 Å². The lowest BCUT2D eigenvalue weighted by molar-refractivity contribution is -0.0535. The third-order valence-corrected chi connectivity index (χ3v) is 1.17. The molecule has 0 unspecified atom stereocenters. The molecule has 0 spiro atoms. The lowest BCUT2D eigenvalue weighted by Crippen LogP contribution is -2.03. The van der Waals surface area contributed by atoms with E-state index in [0.717, 1.165) is 0 Å². The van der Waals surface area contributed by atoms with Crippen molar-refractivity contribution in [2.75, 3.05) is 0 Å². The highest BCUT2D eigenvalue weighted by Gasteiger charge is 2.09. The average molecular weight is 162 g/mol. The normalized spacial score (nSPS) is 10.6. The topological polar surface area (TPSA) is 27.1 Å². The van der Waals surface area contributed by atoms with Crippen LogP contribution in [0.15, 0.2) is 6.20 Å². The summed E-state index contributed by atoms with van der Waals surface area (Å²) < 4.78 is 28.8. The number of rotatable bonds is 2. The highest BCUT2D eigenvalue weighted by atomic mass is 19.3. The minimum absolute atomic E-state index is 0.0116. The number of aromatic nitrogens is 2. The van der Waals surface area contributed by atoms with Gasteiger partial charge in [0.1, 0.15) is 0 Å². The third-order valence-electron chi connectivity index (χ3n) is 1.17. The number of alkyl halides is 2. The molecule has 0 bridgehead atoms. The molecule has 0 atom stereocenters. The lowest BCUT2D eigenvalue weighted by Gasteiger charge is -1.99. The Morgan fingerprint density at radius 1 is 1.64 bits per heavy atom. The number of nitrogens with zero attached hydrogens (tertiary/aromatic N) is 2. The predicted octanol–water partition coefficient (Wildman–Crippen LogP) is 1.33. The molecule has 0 aliphatic rings. The van der Waals surface area contributed by atoms with Gasteiger partial charge in [0.15, 0.2) is 0 Å². The molecule has 3 nitrogen and oxygen atoms in total. The van der Waals surface area contributed by atoms with Gasteiger partial charge in [-0.25, -0.2) is 0 Å². The van der Waals surface area contributed by atoms with Gasteiger partial charge in [-0.3, -0.25) is 4.68 Å². The summed E-state index contributed by atoms with van der Waals surface area (Å²) >= 11 is 0. The Kier molecular flexibility index (Phi) is 2.07. The molecule has 0 N–H and O–H groups in total. The maximum absolute atomic E-state index is 11.6. The van der Waals surface area contributed by atoms with Gasteiger partial charge in [-0.2, -0.15) is 8.78 Å². The first-order valence-electron chi connectivity index (χ1n) is 3.04. The maximum atomic E-state index is 11.6. The summed E-state index contributed by atoms with van der Waals surface area (Å²) in [6.45, 7) is -1.14. The number of aryl methyl sites for hydroxylation is 2. The van der Waals surface area contributed by atoms with Crippen LogP contribution in [-0.4, -0.2) is 16.4 Å². The van der Waals surface area contributed by atoms with Crippen LogP contribution < -0.4 is 4.74 Å². The van der Waals surface area contributed by atoms with Crippen LogP contribution >= 0.6 is 0 Å². The molecule has 0 aromatic carbocycles. The van der Waals surface area contributed by atoms with Gasteiger partial charge in [-0.05, 0) is 6.92 Å². The minimum Gasteiger partial charge on any atom is -0.415 e. The summed E-state index contributed by atoms with van der Waals surface area (Å²) in [6, 6.07) is 0. The Labute approximate surface area is 62.6 Å². The van der Waals surface area contributed by atoms with E-state index < -0.39 is 6.61 Å². The summed E-state index contributed by atoms with van der Waals surface area (Å²) in [4.78, 5) is 0. The van der Waals surface area contributed by atoms with E-state index in [4.69, 9.17) is 0 Å². The fourth-order valence-corrected chi connectivity index (χ4v) is 0.787. The van der Waals surface area contributed by atoms with Crippen molar-refractivity contribution < 1.29 is 13.5 Å². The van der Waals surface area contributed by atoms with E-state index in [1.165, 1.54) is 4.68 Å². The summed E-state index contributed by atoms with van der Waals surface area (Å²) in [5.74, 6) is -0.0116. The molecule has 0 radical (unpaired) electrons. The maximum Gasteiger partial charge on any atom is 0.388 e. The van der Waals surface area contributed by atoms with E-state index in [-0.39, 0.29) is 5.88 Å². The fourth-order valence-electron chi connectivity index (χ4n) is 0.787. The van der Waals surface area contributed by atoms with Gasteiger partial charge in [-0.1, -0.05) is 0 Å². The van der Waals surface area contributed by atoms with Gasteiger partial charge in [0.05, 0.1) is 0 Å². The lowest BCUT2D eigenvalue weighted by atomic mass is 10.4. The largest absolute Gasteiger partial charge is 0.415 e. The third kappa shape index (κ3) is 1.89. The van der Waals surface area contributed by atoms with Gasteiger partial charge >= 0.3 is 6.61 Å². The Bertz CT molecular complexity index is 247. The van der Waals surface area contributed by atoms with Crippen molar-refractivity contribution in [3.63, 3.8) is 0 Å². The molecular weight excluding hydrogens is 154 g/mol. The molecule has 1 heterocycles. The van der Waals surface area contributed by atoms with Crippen molar-refractivity contribution in [2.24, 2.45) is 7.05 Å². The van der Waals surface area contributed by atoms with Crippen LogP contribution in [0.2, 0.25) is 0 Å². The Balaban J connectivity index is 2.77. The van der Waals surface area contributed by atoms with Crippen molar-refractivity contribution >= 4 is 0 Å². The van der Waals surface area contributed by atoms with Crippen LogP contribution in [-0.2, 0) is 7.05 Å². The van der Waals surface area contributed by atoms with Crippen LogP contribution in [0.5, 0.6) is 5.88 Å². The fraction of sp³-hybridized carbons (Fsp3) is 0.500. The summed E-state index contributed by atoms with van der Waals surface area (Å²) in [5, 5.41) is 3.66. The molecule has 0 aliphatic carbocycles. The molecule has 1 rings (SSSR count). The first kappa shape index (κ1) is 7.97. The number of ether oxygens (including phenoxy) is 1. The zero-order valence-electron chi connectivity index (χ0n) is 6.21. The van der Waals surface area contributed by atoms with E-state index in [0.29, 0.717) is 5.56 Å². The van der Waals surface area contributed by atoms with Crippen LogP contribution in [0.4, 0.5) is 8.78 Å². The first-order chi connectivity index (χ1) is 5.09. The second kappa shape index (κ2) is 2.86. The minimum atomic E-state index is -2.80.